The fraction of sp³-hybridized carbons (Fsp3) is 0.0476. The summed E-state index contributed by atoms with van der Waals surface area (Å²) >= 11 is 22.9. The summed E-state index contributed by atoms with van der Waals surface area (Å²) < 4.78 is 44.2. The molecule has 3 rings (SSSR count). The minimum atomic E-state index is -4.55. The van der Waals surface area contributed by atoms with Crippen LogP contribution in [-0.2, 0) is 11.0 Å². The van der Waals surface area contributed by atoms with Crippen LogP contribution in [0.5, 0.6) is 0 Å². The average Bonchev–Trinajstić information content (AvgIpc) is 3.16. The second-order valence-corrected chi connectivity index (χ2v) is 7.95. The third-order valence-electron chi connectivity index (χ3n) is 4.00. The van der Waals surface area contributed by atoms with Crippen LogP contribution in [0, 0.1) is 0 Å². The molecule has 0 radical (unpaired) electrons. The highest BCUT2D eigenvalue weighted by atomic mass is 35.5. The van der Waals surface area contributed by atoms with E-state index in [4.69, 9.17) is 51.4 Å². The van der Waals surface area contributed by atoms with Gasteiger partial charge in [0.05, 0.1) is 21.3 Å². The van der Waals surface area contributed by atoms with E-state index >= 15 is 0 Å². The van der Waals surface area contributed by atoms with Crippen molar-refractivity contribution in [3.05, 3.63) is 81.0 Å². The minimum Gasteiger partial charge on any atom is -0.457 e. The summed E-state index contributed by atoms with van der Waals surface area (Å²) in [6.45, 7) is 0. The Balaban J connectivity index is 1.63. The number of furan rings is 1. The molecule has 1 amide bonds. The number of hydrogen-bond donors (Lipinski definition) is 2. The molecule has 32 heavy (non-hydrogen) atoms. The van der Waals surface area contributed by atoms with E-state index in [1.165, 1.54) is 6.08 Å². The van der Waals surface area contributed by atoms with Crippen LogP contribution >= 0.6 is 47.0 Å². The van der Waals surface area contributed by atoms with Crippen LogP contribution in [0.15, 0.2) is 59.0 Å². The van der Waals surface area contributed by atoms with Gasteiger partial charge < -0.3 is 9.73 Å². The molecular weight excluding hydrogens is 508 g/mol. The Morgan fingerprint density at radius 3 is 2.44 bits per heavy atom. The van der Waals surface area contributed by atoms with Crippen LogP contribution in [0.4, 0.5) is 18.9 Å². The van der Waals surface area contributed by atoms with Crippen molar-refractivity contribution >= 4 is 69.8 Å². The van der Waals surface area contributed by atoms with Crippen molar-refractivity contribution in [3.8, 4) is 11.3 Å². The number of anilines is 1. The fourth-order valence-corrected chi connectivity index (χ4v) is 3.42. The summed E-state index contributed by atoms with van der Waals surface area (Å²) in [4.78, 5) is 12.1. The molecule has 3 aromatic rings. The highest BCUT2D eigenvalue weighted by Gasteiger charge is 2.31. The van der Waals surface area contributed by atoms with E-state index in [1.54, 1.807) is 30.3 Å². The zero-order chi connectivity index (χ0) is 23.5. The number of nitrogens with one attached hydrogen (secondary N) is 2. The lowest BCUT2D eigenvalue weighted by molar-refractivity contribution is -0.137. The van der Waals surface area contributed by atoms with Gasteiger partial charge in [0.2, 0.25) is 5.91 Å². The molecule has 2 aromatic carbocycles. The molecule has 0 atom stereocenters. The molecule has 0 aliphatic rings. The molecule has 0 bridgehead atoms. The number of alkyl halides is 3. The van der Waals surface area contributed by atoms with E-state index in [1.807, 2.05) is 0 Å². The number of carbonyl (C=O) groups is 1. The first-order valence-corrected chi connectivity index (χ1v) is 10.3. The van der Waals surface area contributed by atoms with Crippen molar-refractivity contribution in [1.29, 1.82) is 0 Å². The Labute approximate surface area is 201 Å². The number of halogens is 6. The Kier molecular flexibility index (Phi) is 7.51. The van der Waals surface area contributed by atoms with Crippen LogP contribution < -0.4 is 10.6 Å². The van der Waals surface area contributed by atoms with Crippen molar-refractivity contribution in [3.63, 3.8) is 0 Å². The van der Waals surface area contributed by atoms with E-state index in [0.29, 0.717) is 27.1 Å². The van der Waals surface area contributed by atoms with Crippen LogP contribution in [-0.4, -0.2) is 11.0 Å². The molecule has 1 aromatic heterocycles. The van der Waals surface area contributed by atoms with E-state index in [-0.39, 0.29) is 15.8 Å². The van der Waals surface area contributed by atoms with Crippen LogP contribution in [0.25, 0.3) is 17.4 Å². The van der Waals surface area contributed by atoms with Gasteiger partial charge in [0.15, 0.2) is 5.11 Å². The number of carbonyl (C=O) groups excluding carboxylic acids is 1. The monoisotopic (exact) mass is 518 g/mol. The fourth-order valence-electron chi connectivity index (χ4n) is 2.54. The third-order valence-corrected chi connectivity index (χ3v) is 5.08. The maximum Gasteiger partial charge on any atom is 0.416 e. The molecule has 2 N–H and O–H groups in total. The predicted molar refractivity (Wildman–Crippen MR) is 124 cm³/mol. The number of rotatable bonds is 4. The quantitative estimate of drug-likeness (QED) is 0.278. The molecule has 0 saturated heterocycles. The molecule has 4 nitrogen and oxygen atoms in total. The Hall–Kier alpha value is -2.52. The number of thiocarbonyl (C=S) groups is 1. The van der Waals surface area contributed by atoms with Crippen molar-refractivity contribution in [1.82, 2.24) is 5.32 Å². The molecular formula is C21H12Cl3F3N2O2S. The summed E-state index contributed by atoms with van der Waals surface area (Å²) in [7, 11) is 0. The smallest absolute Gasteiger partial charge is 0.416 e. The molecule has 0 aliphatic carbocycles. The Bertz CT molecular complexity index is 1210. The van der Waals surface area contributed by atoms with Gasteiger partial charge in [0.25, 0.3) is 0 Å². The van der Waals surface area contributed by atoms with Crippen molar-refractivity contribution in [2.24, 2.45) is 0 Å². The molecule has 0 aliphatic heterocycles. The standard InChI is InChI=1S/C21H12Cl3F3N2O2S/c22-12-2-5-14(16(24)10-12)18-7-3-13(31-18)4-8-19(30)29-20(32)28-17-9-11(21(25,26)27)1-6-15(17)23/h1-10H,(H2,28,29,30,32)/b8-4+. The van der Waals surface area contributed by atoms with Gasteiger partial charge in [-0.2, -0.15) is 13.2 Å². The van der Waals surface area contributed by atoms with Crippen LogP contribution in [0.1, 0.15) is 11.3 Å². The molecule has 11 heteroatoms. The van der Waals surface area contributed by atoms with Gasteiger partial charge >= 0.3 is 6.18 Å². The average molecular weight is 520 g/mol. The van der Waals surface area contributed by atoms with Crippen LogP contribution in [0.2, 0.25) is 15.1 Å². The predicted octanol–water partition coefficient (Wildman–Crippen LogP) is 7.45. The van der Waals surface area contributed by atoms with Crippen molar-refractivity contribution in [2.45, 2.75) is 6.18 Å². The normalized spacial score (nSPS) is 11.6. The SMILES string of the molecule is O=C(/C=C/c1ccc(-c2ccc(Cl)cc2Cl)o1)NC(=S)Nc1cc(C(F)(F)F)ccc1Cl. The summed E-state index contributed by atoms with van der Waals surface area (Å²) in [6.07, 6.45) is -2.01. The lowest BCUT2D eigenvalue weighted by Gasteiger charge is -2.13. The molecule has 1 heterocycles. The largest absolute Gasteiger partial charge is 0.457 e. The summed E-state index contributed by atoms with van der Waals surface area (Å²) in [5.41, 5.74) is -0.373. The van der Waals surface area contributed by atoms with E-state index in [0.717, 1.165) is 24.3 Å². The Morgan fingerprint density at radius 1 is 1.00 bits per heavy atom. The second-order valence-electron chi connectivity index (χ2n) is 6.30. The van der Waals surface area contributed by atoms with E-state index < -0.39 is 17.6 Å². The minimum absolute atomic E-state index is 0.00844. The number of benzene rings is 2. The first kappa shape index (κ1) is 24.1. The lowest BCUT2D eigenvalue weighted by Crippen LogP contribution is -2.33. The molecule has 0 spiro atoms. The van der Waals surface area contributed by atoms with Gasteiger partial charge in [0.1, 0.15) is 11.5 Å². The first-order chi connectivity index (χ1) is 15.0. The number of hydrogen-bond acceptors (Lipinski definition) is 3. The second kappa shape index (κ2) is 9.95. The zero-order valence-electron chi connectivity index (χ0n) is 15.8. The topological polar surface area (TPSA) is 54.3 Å². The maximum absolute atomic E-state index is 12.9. The van der Waals surface area contributed by atoms with Crippen LogP contribution in [0.3, 0.4) is 0 Å². The highest BCUT2D eigenvalue weighted by Crippen LogP contribution is 2.34. The van der Waals surface area contributed by atoms with Crippen molar-refractivity contribution < 1.29 is 22.4 Å². The number of amides is 1. The highest BCUT2D eigenvalue weighted by molar-refractivity contribution is 7.80. The Morgan fingerprint density at radius 2 is 1.75 bits per heavy atom. The van der Waals surface area contributed by atoms with Gasteiger partial charge in [-0.05, 0) is 66.8 Å². The van der Waals surface area contributed by atoms with Gasteiger partial charge in [0, 0.05) is 16.7 Å². The zero-order valence-corrected chi connectivity index (χ0v) is 18.9. The summed E-state index contributed by atoms with van der Waals surface area (Å²) in [5, 5.41) is 5.46. The first-order valence-electron chi connectivity index (χ1n) is 8.75. The third kappa shape index (κ3) is 6.26. The van der Waals surface area contributed by atoms with E-state index in [9.17, 15) is 18.0 Å². The molecule has 0 fully saturated rings. The van der Waals surface area contributed by atoms with Gasteiger partial charge in [-0.15, -0.1) is 0 Å². The summed E-state index contributed by atoms with van der Waals surface area (Å²) in [6, 6.07) is 11.0. The molecule has 166 valence electrons. The van der Waals surface area contributed by atoms with E-state index in [2.05, 4.69) is 10.6 Å². The van der Waals surface area contributed by atoms with Gasteiger partial charge in [-0.3, -0.25) is 10.1 Å². The molecule has 0 unspecified atom stereocenters. The summed E-state index contributed by atoms with van der Waals surface area (Å²) in [5.74, 6) is 0.206. The van der Waals surface area contributed by atoms with Crippen molar-refractivity contribution in [2.75, 3.05) is 5.32 Å². The van der Waals surface area contributed by atoms with Gasteiger partial charge in [-0.1, -0.05) is 34.8 Å². The van der Waals surface area contributed by atoms with Gasteiger partial charge in [-0.25, -0.2) is 0 Å². The molecule has 0 saturated carbocycles. The lowest BCUT2D eigenvalue weighted by atomic mass is 10.2. The maximum atomic E-state index is 12.9.